The number of likely N-dealkylation sites (tertiary alicyclic amines) is 1. The summed E-state index contributed by atoms with van der Waals surface area (Å²) >= 11 is 0. The van der Waals surface area contributed by atoms with E-state index < -0.39 is 0 Å². The van der Waals surface area contributed by atoms with Gasteiger partial charge in [-0.1, -0.05) is 12.1 Å². The van der Waals surface area contributed by atoms with Gasteiger partial charge in [0.1, 0.15) is 18.3 Å². The Kier molecular flexibility index (Phi) is 7.59. The first kappa shape index (κ1) is 23.2. The molecule has 1 aromatic rings. The summed E-state index contributed by atoms with van der Waals surface area (Å²) in [5.41, 5.74) is 7.99. The molecule has 0 spiro atoms. The van der Waals surface area contributed by atoms with Crippen LogP contribution >= 0.6 is 0 Å². The van der Waals surface area contributed by atoms with Crippen LogP contribution in [-0.4, -0.2) is 79.4 Å². The third-order valence-electron chi connectivity index (χ3n) is 6.37. The highest BCUT2D eigenvalue weighted by Crippen LogP contribution is 2.25. The van der Waals surface area contributed by atoms with E-state index >= 15 is 0 Å². The Bertz CT molecular complexity index is 934. The first-order chi connectivity index (χ1) is 16.0. The third-order valence-corrected chi connectivity index (χ3v) is 6.37. The quantitative estimate of drug-likeness (QED) is 0.680. The van der Waals surface area contributed by atoms with E-state index in [1.54, 1.807) is 28.0 Å². The molecule has 0 radical (unpaired) electrons. The van der Waals surface area contributed by atoms with Gasteiger partial charge in [-0.25, -0.2) is 4.39 Å². The fraction of sp³-hybridized carbons (Fsp3) is 0.542. The average molecular weight is 459 g/mol. The van der Waals surface area contributed by atoms with Gasteiger partial charge in [-0.05, 0) is 31.4 Å². The number of halogens is 1. The van der Waals surface area contributed by atoms with Gasteiger partial charge in [0.15, 0.2) is 11.6 Å². The minimum atomic E-state index is -0.376. The number of hydrogen-bond donors (Lipinski definition) is 1. The molecule has 8 nitrogen and oxygen atoms in total. The van der Waals surface area contributed by atoms with Crippen molar-refractivity contribution in [2.24, 2.45) is 10.7 Å². The molecule has 0 aromatic heterocycles. The lowest BCUT2D eigenvalue weighted by molar-refractivity contribution is -0.132. The van der Waals surface area contributed by atoms with Gasteiger partial charge in [-0.2, -0.15) is 0 Å². The largest absolute Gasteiger partial charge is 0.487 e. The highest BCUT2D eigenvalue weighted by molar-refractivity contribution is 6.09. The molecular weight excluding hydrogens is 427 g/mol. The maximum absolute atomic E-state index is 13.8. The van der Waals surface area contributed by atoms with Crippen molar-refractivity contribution in [2.45, 2.75) is 38.2 Å². The van der Waals surface area contributed by atoms with Crippen LogP contribution in [0.4, 0.5) is 4.39 Å². The van der Waals surface area contributed by atoms with E-state index in [0.717, 1.165) is 24.1 Å². The molecule has 178 valence electrons. The minimum absolute atomic E-state index is 0.0384. The number of piperidine rings is 1. The molecule has 2 N–H and O–H groups in total. The summed E-state index contributed by atoms with van der Waals surface area (Å²) < 4.78 is 24.9. The number of carbonyl (C=O) groups is 2. The summed E-state index contributed by atoms with van der Waals surface area (Å²) in [5.74, 6) is -0.362. The van der Waals surface area contributed by atoms with Gasteiger partial charge in [-0.3, -0.25) is 14.6 Å². The van der Waals surface area contributed by atoms with Gasteiger partial charge in [0.25, 0.3) is 5.91 Å². The SMILES string of the molecule is N/C(C(=O)N1CCOCC1)=C1/CCCC1=NCC(=O)N1CCC(Oc2ccccc2F)CC1. The summed E-state index contributed by atoms with van der Waals surface area (Å²) in [6, 6.07) is 6.36. The Morgan fingerprint density at radius 3 is 2.55 bits per heavy atom. The number of amides is 2. The molecular formula is C24H31FN4O4. The highest BCUT2D eigenvalue weighted by Gasteiger charge is 2.27. The van der Waals surface area contributed by atoms with Crippen molar-refractivity contribution in [1.29, 1.82) is 0 Å². The van der Waals surface area contributed by atoms with Crippen LogP contribution in [0.25, 0.3) is 0 Å². The van der Waals surface area contributed by atoms with Crippen LogP contribution in [0.1, 0.15) is 32.1 Å². The second-order valence-electron chi connectivity index (χ2n) is 8.54. The number of carbonyl (C=O) groups excluding carboxylic acids is 2. The van der Waals surface area contributed by atoms with Gasteiger partial charge in [0, 0.05) is 50.3 Å². The lowest BCUT2D eigenvalue weighted by Crippen LogP contribution is -2.43. The molecule has 0 unspecified atom stereocenters. The van der Waals surface area contributed by atoms with Crippen molar-refractivity contribution < 1.29 is 23.5 Å². The topological polar surface area (TPSA) is 97.5 Å². The number of benzene rings is 1. The Balaban J connectivity index is 1.30. The average Bonchev–Trinajstić information content (AvgIpc) is 3.32. The summed E-state index contributed by atoms with van der Waals surface area (Å²) in [5, 5.41) is 0. The number of nitrogens with zero attached hydrogens (tertiary/aromatic N) is 3. The van der Waals surface area contributed by atoms with E-state index in [1.807, 2.05) is 0 Å². The maximum atomic E-state index is 13.8. The second kappa shape index (κ2) is 10.8. The number of para-hydroxylation sites is 1. The molecule has 2 saturated heterocycles. The summed E-state index contributed by atoms with van der Waals surface area (Å²) in [4.78, 5) is 33.5. The van der Waals surface area contributed by atoms with E-state index in [-0.39, 0.29) is 41.7 Å². The molecule has 2 aliphatic heterocycles. The van der Waals surface area contributed by atoms with Crippen LogP contribution in [0, 0.1) is 5.82 Å². The van der Waals surface area contributed by atoms with Crippen LogP contribution in [0.3, 0.4) is 0 Å². The van der Waals surface area contributed by atoms with E-state index in [1.165, 1.54) is 6.07 Å². The summed E-state index contributed by atoms with van der Waals surface area (Å²) in [6.45, 7) is 3.24. The summed E-state index contributed by atoms with van der Waals surface area (Å²) in [6.07, 6.45) is 3.46. The Labute approximate surface area is 193 Å². The zero-order valence-electron chi connectivity index (χ0n) is 18.8. The number of allylic oxidation sites excluding steroid dienone is 1. The highest BCUT2D eigenvalue weighted by atomic mass is 19.1. The molecule has 2 amide bonds. The first-order valence-electron chi connectivity index (χ1n) is 11.6. The standard InChI is InChI=1S/C24H31FN4O4/c25-19-5-1-2-7-21(19)33-17-8-10-28(11-9-17)22(30)16-27-20-6-3-4-18(20)23(26)24(31)29-12-14-32-15-13-29/h1-2,5,7,17H,3-4,6,8-16,26H2/b23-18-,27-20?. The minimum Gasteiger partial charge on any atom is -0.487 e. The predicted molar refractivity (Wildman–Crippen MR) is 121 cm³/mol. The fourth-order valence-electron chi connectivity index (χ4n) is 4.46. The molecule has 1 aromatic carbocycles. The van der Waals surface area contributed by atoms with Crippen molar-refractivity contribution in [3.63, 3.8) is 0 Å². The number of rotatable bonds is 5. The first-order valence-corrected chi connectivity index (χ1v) is 11.6. The smallest absolute Gasteiger partial charge is 0.270 e. The maximum Gasteiger partial charge on any atom is 0.270 e. The number of nitrogens with two attached hydrogens (primary N) is 1. The third kappa shape index (κ3) is 5.71. The van der Waals surface area contributed by atoms with Crippen molar-refractivity contribution in [3.8, 4) is 5.75 Å². The van der Waals surface area contributed by atoms with Crippen LogP contribution in [0.15, 0.2) is 40.5 Å². The van der Waals surface area contributed by atoms with Gasteiger partial charge in [0.2, 0.25) is 5.91 Å². The Hall–Kier alpha value is -2.94. The Morgan fingerprint density at radius 1 is 1.09 bits per heavy atom. The molecule has 0 bridgehead atoms. The molecule has 1 saturated carbocycles. The van der Waals surface area contributed by atoms with Gasteiger partial charge in [0.05, 0.1) is 13.2 Å². The van der Waals surface area contributed by atoms with Crippen LogP contribution in [0.2, 0.25) is 0 Å². The van der Waals surface area contributed by atoms with Crippen molar-refractivity contribution >= 4 is 17.5 Å². The van der Waals surface area contributed by atoms with Crippen molar-refractivity contribution in [3.05, 3.63) is 41.4 Å². The van der Waals surface area contributed by atoms with Crippen molar-refractivity contribution in [2.75, 3.05) is 45.9 Å². The number of morpholine rings is 1. The normalized spacial score (nSPS) is 22.5. The fourth-order valence-corrected chi connectivity index (χ4v) is 4.46. The molecule has 4 rings (SSSR count). The van der Waals surface area contributed by atoms with E-state index in [9.17, 15) is 14.0 Å². The monoisotopic (exact) mass is 458 g/mol. The zero-order chi connectivity index (χ0) is 23.2. The molecule has 33 heavy (non-hydrogen) atoms. The lowest BCUT2D eigenvalue weighted by Gasteiger charge is -2.32. The zero-order valence-corrected chi connectivity index (χ0v) is 18.8. The molecule has 0 atom stereocenters. The Morgan fingerprint density at radius 2 is 1.82 bits per heavy atom. The molecule has 1 aliphatic carbocycles. The second-order valence-corrected chi connectivity index (χ2v) is 8.54. The number of hydrogen-bond acceptors (Lipinski definition) is 6. The van der Waals surface area contributed by atoms with Gasteiger partial charge >= 0.3 is 0 Å². The molecule has 9 heteroatoms. The summed E-state index contributed by atoms with van der Waals surface area (Å²) in [7, 11) is 0. The van der Waals surface area contributed by atoms with Crippen LogP contribution in [-0.2, 0) is 14.3 Å². The van der Waals surface area contributed by atoms with E-state index in [0.29, 0.717) is 58.7 Å². The van der Waals surface area contributed by atoms with Gasteiger partial charge < -0.3 is 25.0 Å². The predicted octanol–water partition coefficient (Wildman–Crippen LogP) is 1.89. The van der Waals surface area contributed by atoms with Crippen LogP contribution < -0.4 is 10.5 Å². The molecule has 3 aliphatic rings. The van der Waals surface area contributed by atoms with E-state index in [2.05, 4.69) is 4.99 Å². The van der Waals surface area contributed by atoms with Crippen molar-refractivity contribution in [1.82, 2.24) is 9.80 Å². The van der Waals surface area contributed by atoms with E-state index in [4.69, 9.17) is 15.2 Å². The molecule has 3 fully saturated rings. The number of aliphatic imine (C=N–C) groups is 1. The van der Waals surface area contributed by atoms with Crippen LogP contribution in [0.5, 0.6) is 5.75 Å². The number of ether oxygens (including phenoxy) is 2. The van der Waals surface area contributed by atoms with Gasteiger partial charge in [-0.15, -0.1) is 0 Å². The molecule has 2 heterocycles. The lowest BCUT2D eigenvalue weighted by atomic mass is 10.1.